The molecule has 0 atom stereocenters. The quantitative estimate of drug-likeness (QED) is 0.355. The Morgan fingerprint density at radius 1 is 1.15 bits per heavy atom. The molecule has 0 heterocycles. The van der Waals surface area contributed by atoms with Crippen LogP contribution in [0.3, 0.4) is 0 Å². The van der Waals surface area contributed by atoms with Gasteiger partial charge in [0.2, 0.25) is 0 Å². The second-order valence-corrected chi connectivity index (χ2v) is 7.14. The molecule has 0 bridgehead atoms. The molecule has 0 amide bonds. The van der Waals surface area contributed by atoms with E-state index in [0.29, 0.717) is 21.6 Å². The molecule has 1 rings (SSSR count). The third-order valence-electron chi connectivity index (χ3n) is 2.93. The van der Waals surface area contributed by atoms with E-state index < -0.39 is 0 Å². The van der Waals surface area contributed by atoms with Crippen molar-refractivity contribution in [1.29, 1.82) is 0 Å². The van der Waals surface area contributed by atoms with Crippen LogP contribution in [0.1, 0.15) is 39.0 Å². The van der Waals surface area contributed by atoms with Crippen molar-refractivity contribution in [2.45, 2.75) is 39.0 Å². The van der Waals surface area contributed by atoms with Gasteiger partial charge >= 0.3 is 130 Å². The summed E-state index contributed by atoms with van der Waals surface area (Å²) in [5.41, 5.74) is 0. The molecule has 0 saturated heterocycles. The normalized spacial score (nSPS) is 12.2. The molecule has 2 heteroatoms. The standard InChI is InChI=1S/C18H26OSe/c1-3-4-5-6-8-12-18(15-11-16-19-2)20-17-13-9-7-10-14-17/h7,9-15H,3-6,8,16H2,1-2H3/b15-11+,18-12-. The summed E-state index contributed by atoms with van der Waals surface area (Å²) >= 11 is 0.399. The molecule has 0 aromatic heterocycles. The van der Waals surface area contributed by atoms with Gasteiger partial charge in [0.25, 0.3) is 0 Å². The number of hydrogen-bond acceptors (Lipinski definition) is 1. The van der Waals surface area contributed by atoms with Gasteiger partial charge < -0.3 is 0 Å². The van der Waals surface area contributed by atoms with E-state index in [1.807, 2.05) is 0 Å². The van der Waals surface area contributed by atoms with Crippen LogP contribution in [-0.2, 0) is 4.74 Å². The molecule has 20 heavy (non-hydrogen) atoms. The second-order valence-electron chi connectivity index (χ2n) is 4.73. The van der Waals surface area contributed by atoms with E-state index in [0.717, 1.165) is 0 Å². The van der Waals surface area contributed by atoms with E-state index in [9.17, 15) is 0 Å². The van der Waals surface area contributed by atoms with Gasteiger partial charge in [-0.3, -0.25) is 0 Å². The first kappa shape index (κ1) is 17.2. The van der Waals surface area contributed by atoms with Crippen LogP contribution in [0.25, 0.3) is 0 Å². The fourth-order valence-electron chi connectivity index (χ4n) is 1.84. The summed E-state index contributed by atoms with van der Waals surface area (Å²) < 4.78 is 7.98. The average Bonchev–Trinajstić information content (AvgIpc) is 2.48. The van der Waals surface area contributed by atoms with Crippen LogP contribution in [0, 0.1) is 0 Å². The Bertz CT molecular complexity index is 395. The van der Waals surface area contributed by atoms with E-state index in [-0.39, 0.29) is 0 Å². The molecule has 0 fully saturated rings. The molecule has 0 aliphatic heterocycles. The summed E-state index contributed by atoms with van der Waals surface area (Å²) in [5.74, 6) is 0. The van der Waals surface area contributed by atoms with Gasteiger partial charge in [-0.05, 0) is 0 Å². The molecule has 1 nitrogen and oxygen atoms in total. The zero-order chi connectivity index (χ0) is 14.5. The summed E-state index contributed by atoms with van der Waals surface area (Å²) in [6.45, 7) is 2.95. The van der Waals surface area contributed by atoms with Crippen molar-refractivity contribution in [2.24, 2.45) is 0 Å². The summed E-state index contributed by atoms with van der Waals surface area (Å²) in [7, 11) is 1.74. The zero-order valence-electron chi connectivity index (χ0n) is 12.7. The summed E-state index contributed by atoms with van der Waals surface area (Å²) in [6.07, 6.45) is 13.3. The minimum atomic E-state index is 0.399. The monoisotopic (exact) mass is 338 g/mol. The molecule has 1 aromatic carbocycles. The third-order valence-corrected chi connectivity index (χ3v) is 5.12. The molecule has 0 aliphatic carbocycles. The van der Waals surface area contributed by atoms with Gasteiger partial charge in [0, 0.05) is 0 Å². The van der Waals surface area contributed by atoms with Crippen LogP contribution >= 0.6 is 0 Å². The molecule has 1 aromatic rings. The molecule has 0 spiro atoms. The van der Waals surface area contributed by atoms with Crippen molar-refractivity contribution in [1.82, 2.24) is 0 Å². The minimum absolute atomic E-state index is 0.399. The molecular formula is C18H26OSe. The van der Waals surface area contributed by atoms with Gasteiger partial charge in [-0.2, -0.15) is 0 Å². The molecular weight excluding hydrogens is 311 g/mol. The average molecular weight is 337 g/mol. The number of unbranched alkanes of at least 4 members (excludes halogenated alkanes) is 4. The fraction of sp³-hybridized carbons (Fsp3) is 0.444. The van der Waals surface area contributed by atoms with Crippen molar-refractivity contribution < 1.29 is 4.74 Å². The first-order valence-corrected chi connectivity index (χ1v) is 9.16. The summed E-state index contributed by atoms with van der Waals surface area (Å²) in [4.78, 5) is 0. The van der Waals surface area contributed by atoms with Crippen molar-refractivity contribution in [3.8, 4) is 0 Å². The van der Waals surface area contributed by atoms with E-state index in [4.69, 9.17) is 4.74 Å². The molecule has 110 valence electrons. The van der Waals surface area contributed by atoms with E-state index in [2.05, 4.69) is 55.5 Å². The van der Waals surface area contributed by atoms with Gasteiger partial charge in [0.1, 0.15) is 0 Å². The van der Waals surface area contributed by atoms with Crippen LogP contribution in [0.5, 0.6) is 0 Å². The predicted octanol–water partition coefficient (Wildman–Crippen LogP) is 4.07. The fourth-order valence-corrected chi connectivity index (χ4v) is 3.80. The number of benzene rings is 1. The van der Waals surface area contributed by atoms with Gasteiger partial charge in [-0.15, -0.1) is 0 Å². The van der Waals surface area contributed by atoms with Crippen LogP contribution in [-0.4, -0.2) is 28.7 Å². The number of allylic oxidation sites excluding steroid dienone is 3. The Morgan fingerprint density at radius 2 is 1.95 bits per heavy atom. The maximum absolute atomic E-state index is 5.09. The van der Waals surface area contributed by atoms with Crippen LogP contribution in [0.4, 0.5) is 0 Å². The number of rotatable bonds is 10. The molecule has 0 saturated carbocycles. The topological polar surface area (TPSA) is 9.23 Å². The van der Waals surface area contributed by atoms with Crippen molar-refractivity contribution >= 4 is 19.4 Å². The van der Waals surface area contributed by atoms with Crippen molar-refractivity contribution in [2.75, 3.05) is 13.7 Å². The predicted molar refractivity (Wildman–Crippen MR) is 89.7 cm³/mol. The number of ether oxygens (including phenoxy) is 1. The summed E-state index contributed by atoms with van der Waals surface area (Å²) in [5, 5.41) is 0. The Balaban J connectivity index is 2.53. The summed E-state index contributed by atoms with van der Waals surface area (Å²) in [6, 6.07) is 10.8. The second kappa shape index (κ2) is 12.0. The first-order valence-electron chi connectivity index (χ1n) is 7.45. The molecule has 0 aliphatic rings. The van der Waals surface area contributed by atoms with Crippen molar-refractivity contribution in [3.05, 3.63) is 53.0 Å². The number of hydrogen-bond donors (Lipinski definition) is 0. The van der Waals surface area contributed by atoms with Crippen molar-refractivity contribution in [3.63, 3.8) is 0 Å². The third kappa shape index (κ3) is 8.37. The van der Waals surface area contributed by atoms with Gasteiger partial charge in [-0.25, -0.2) is 0 Å². The molecule has 0 unspecified atom stereocenters. The Morgan fingerprint density at radius 3 is 2.65 bits per heavy atom. The van der Waals surface area contributed by atoms with Crippen LogP contribution in [0.2, 0.25) is 0 Å². The van der Waals surface area contributed by atoms with E-state index in [1.165, 1.54) is 41.0 Å². The Hall–Kier alpha value is -0.821. The van der Waals surface area contributed by atoms with E-state index >= 15 is 0 Å². The Labute approximate surface area is 130 Å². The van der Waals surface area contributed by atoms with Gasteiger partial charge in [-0.1, -0.05) is 0 Å². The SMILES string of the molecule is CCCCCC/C=C(/C=C/COC)[Se]c1ccccc1. The molecule has 0 N–H and O–H groups in total. The first-order chi connectivity index (χ1) is 9.86. The van der Waals surface area contributed by atoms with Crippen LogP contribution in [0.15, 0.2) is 53.0 Å². The zero-order valence-corrected chi connectivity index (χ0v) is 14.4. The Kier molecular flexibility index (Phi) is 10.3. The molecule has 0 radical (unpaired) electrons. The van der Waals surface area contributed by atoms with E-state index in [1.54, 1.807) is 7.11 Å². The number of methoxy groups -OCH3 is 1. The van der Waals surface area contributed by atoms with Crippen LogP contribution < -0.4 is 4.46 Å². The van der Waals surface area contributed by atoms with Gasteiger partial charge in [0.05, 0.1) is 0 Å². The maximum atomic E-state index is 5.09. The van der Waals surface area contributed by atoms with Gasteiger partial charge in [0.15, 0.2) is 0 Å².